The molecule has 0 fully saturated rings. The minimum atomic E-state index is 0.301. The molecule has 0 bridgehead atoms. The highest BCUT2D eigenvalue weighted by Gasteiger charge is 2.27. The Morgan fingerprint density at radius 2 is 1.32 bits per heavy atom. The Hall–Kier alpha value is -2.45. The largest absolute Gasteiger partial charge is 0.361 e. The maximum atomic E-state index is 3.46. The smallest absolute Gasteiger partial charge is 0.0457 e. The van der Waals surface area contributed by atoms with Gasteiger partial charge in [0.25, 0.3) is 0 Å². The van der Waals surface area contributed by atoms with E-state index in [9.17, 15) is 0 Å². The van der Waals surface area contributed by atoms with Crippen molar-refractivity contribution in [1.29, 1.82) is 0 Å². The minimum absolute atomic E-state index is 0.301. The van der Waals surface area contributed by atoms with Crippen LogP contribution in [0, 0.1) is 0 Å². The van der Waals surface area contributed by atoms with Gasteiger partial charge in [-0.3, -0.25) is 0 Å². The molecule has 4 rings (SSSR count). The zero-order chi connectivity index (χ0) is 17.1. The van der Waals surface area contributed by atoms with Crippen molar-refractivity contribution in [2.45, 2.75) is 11.2 Å². The number of hydrogen-bond acceptors (Lipinski definition) is 1. The zero-order valence-electron chi connectivity index (χ0n) is 14.2. The summed E-state index contributed by atoms with van der Waals surface area (Å²) in [5, 5.41) is 1.68. The van der Waals surface area contributed by atoms with Crippen molar-refractivity contribution in [2.75, 3.05) is 6.26 Å². The predicted molar refractivity (Wildman–Crippen MR) is 109 cm³/mol. The Labute approximate surface area is 153 Å². The van der Waals surface area contributed by atoms with Crippen molar-refractivity contribution in [3.63, 3.8) is 0 Å². The van der Waals surface area contributed by atoms with Gasteiger partial charge >= 0.3 is 0 Å². The van der Waals surface area contributed by atoms with Gasteiger partial charge in [-0.25, -0.2) is 0 Å². The molecule has 25 heavy (non-hydrogen) atoms. The van der Waals surface area contributed by atoms with Crippen LogP contribution in [0.5, 0.6) is 0 Å². The molecule has 3 aromatic carbocycles. The first-order chi connectivity index (χ1) is 12.4. The van der Waals surface area contributed by atoms with Crippen LogP contribution in [0.15, 0.2) is 91.1 Å². The molecule has 0 aliphatic rings. The maximum Gasteiger partial charge on any atom is 0.0457 e. The molecule has 124 valence electrons. The number of benzene rings is 3. The standard InChI is InChI=1S/C23H21NS/c1-25-23(18-12-6-3-7-13-18)22(17-10-4-2-5-11-17)20-16-24-21-15-9-8-14-19(20)21/h2-16,22-24H,1H3/t22-,23+/m1/s1. The van der Waals surface area contributed by atoms with E-state index in [1.165, 1.54) is 27.6 Å². The van der Waals surface area contributed by atoms with E-state index in [0.29, 0.717) is 11.2 Å². The lowest BCUT2D eigenvalue weighted by molar-refractivity contribution is 0.793. The van der Waals surface area contributed by atoms with Crippen molar-refractivity contribution in [1.82, 2.24) is 4.98 Å². The summed E-state index contributed by atoms with van der Waals surface area (Å²) >= 11 is 1.92. The van der Waals surface area contributed by atoms with E-state index in [4.69, 9.17) is 0 Å². The first-order valence-corrected chi connectivity index (χ1v) is 9.86. The number of H-pyrrole nitrogens is 1. The monoisotopic (exact) mass is 343 g/mol. The van der Waals surface area contributed by atoms with Crippen LogP contribution in [0.3, 0.4) is 0 Å². The molecule has 0 saturated heterocycles. The summed E-state index contributed by atoms with van der Waals surface area (Å²) in [5.74, 6) is 0.301. The number of thioether (sulfide) groups is 1. The van der Waals surface area contributed by atoms with E-state index in [1.807, 2.05) is 11.8 Å². The average Bonchev–Trinajstić information content (AvgIpc) is 3.11. The van der Waals surface area contributed by atoms with Gasteiger partial charge in [0.15, 0.2) is 0 Å². The number of aromatic amines is 1. The van der Waals surface area contributed by atoms with Gasteiger partial charge in [-0.05, 0) is 29.0 Å². The Kier molecular flexibility index (Phi) is 4.62. The molecule has 1 aromatic heterocycles. The van der Waals surface area contributed by atoms with Crippen LogP contribution < -0.4 is 0 Å². The lowest BCUT2D eigenvalue weighted by atomic mass is 9.85. The molecule has 1 nitrogen and oxygen atoms in total. The second kappa shape index (κ2) is 7.20. The maximum absolute atomic E-state index is 3.46. The lowest BCUT2D eigenvalue weighted by Gasteiger charge is -2.27. The van der Waals surface area contributed by atoms with Crippen LogP contribution >= 0.6 is 11.8 Å². The SMILES string of the molecule is CS[C@@H](c1ccccc1)[C@H](c1ccccc1)c1c[nH]c2ccccc12. The van der Waals surface area contributed by atoms with E-state index >= 15 is 0 Å². The van der Waals surface area contributed by atoms with E-state index in [-0.39, 0.29) is 0 Å². The minimum Gasteiger partial charge on any atom is -0.361 e. The quantitative estimate of drug-likeness (QED) is 0.443. The van der Waals surface area contributed by atoms with Crippen LogP contribution in [0.25, 0.3) is 10.9 Å². The van der Waals surface area contributed by atoms with Gasteiger partial charge in [0.05, 0.1) is 0 Å². The van der Waals surface area contributed by atoms with Gasteiger partial charge in [-0.15, -0.1) is 0 Å². The molecule has 2 atom stereocenters. The summed E-state index contributed by atoms with van der Waals surface area (Å²) in [6.07, 6.45) is 4.40. The molecule has 0 aliphatic heterocycles. The van der Waals surface area contributed by atoms with Crippen LogP contribution in [-0.4, -0.2) is 11.2 Å². The molecule has 1 heterocycles. The molecule has 0 saturated carbocycles. The van der Waals surface area contributed by atoms with Crippen molar-refractivity contribution >= 4 is 22.7 Å². The van der Waals surface area contributed by atoms with Gasteiger partial charge < -0.3 is 4.98 Å². The van der Waals surface area contributed by atoms with Gasteiger partial charge in [-0.2, -0.15) is 11.8 Å². The van der Waals surface area contributed by atoms with E-state index in [2.05, 4.69) is 102 Å². The third-order valence-electron chi connectivity index (χ3n) is 4.80. The van der Waals surface area contributed by atoms with Crippen LogP contribution in [-0.2, 0) is 0 Å². The Balaban J connectivity index is 1.90. The van der Waals surface area contributed by atoms with Crippen molar-refractivity contribution in [2.24, 2.45) is 0 Å². The molecule has 2 heteroatoms. The summed E-state index contributed by atoms with van der Waals surface area (Å²) in [4.78, 5) is 3.46. The van der Waals surface area contributed by atoms with Crippen LogP contribution in [0.2, 0.25) is 0 Å². The van der Waals surface area contributed by atoms with E-state index < -0.39 is 0 Å². The fraction of sp³-hybridized carbons (Fsp3) is 0.130. The molecule has 0 spiro atoms. The van der Waals surface area contributed by atoms with Crippen LogP contribution in [0.4, 0.5) is 0 Å². The average molecular weight is 343 g/mol. The van der Waals surface area contributed by atoms with Gasteiger partial charge in [0.1, 0.15) is 0 Å². The molecule has 4 aromatic rings. The molecule has 0 aliphatic carbocycles. The fourth-order valence-corrected chi connectivity index (χ4v) is 4.64. The molecule has 0 unspecified atom stereocenters. The van der Waals surface area contributed by atoms with E-state index in [0.717, 1.165) is 0 Å². The topological polar surface area (TPSA) is 15.8 Å². The van der Waals surface area contributed by atoms with Crippen molar-refractivity contribution < 1.29 is 0 Å². The third-order valence-corrected chi connectivity index (χ3v) is 5.85. The molecule has 0 radical (unpaired) electrons. The number of fused-ring (bicyclic) bond motifs is 1. The Morgan fingerprint density at radius 1 is 0.720 bits per heavy atom. The summed E-state index contributed by atoms with van der Waals surface area (Å²) in [5.41, 5.74) is 5.29. The van der Waals surface area contributed by atoms with E-state index in [1.54, 1.807) is 0 Å². The molecule has 0 amide bonds. The summed E-state index contributed by atoms with van der Waals surface area (Å²) in [7, 11) is 0. The summed E-state index contributed by atoms with van der Waals surface area (Å²) in [6.45, 7) is 0. The lowest BCUT2D eigenvalue weighted by Crippen LogP contribution is -2.10. The number of para-hydroxylation sites is 1. The van der Waals surface area contributed by atoms with Gasteiger partial charge in [0.2, 0.25) is 0 Å². The summed E-state index contributed by atoms with van der Waals surface area (Å²) in [6, 6.07) is 30.3. The van der Waals surface area contributed by atoms with Crippen molar-refractivity contribution in [3.05, 3.63) is 108 Å². The first-order valence-electron chi connectivity index (χ1n) is 8.57. The van der Waals surface area contributed by atoms with Gasteiger partial charge in [-0.1, -0.05) is 78.9 Å². The Bertz CT molecular complexity index is 943. The Morgan fingerprint density at radius 3 is 2.00 bits per heavy atom. The number of rotatable bonds is 5. The molecular weight excluding hydrogens is 322 g/mol. The number of hydrogen-bond donors (Lipinski definition) is 1. The molecular formula is C23H21NS. The highest BCUT2D eigenvalue weighted by atomic mass is 32.2. The normalized spacial score (nSPS) is 13.6. The molecule has 1 N–H and O–H groups in total. The van der Waals surface area contributed by atoms with Crippen LogP contribution in [0.1, 0.15) is 27.9 Å². The van der Waals surface area contributed by atoms with Gasteiger partial charge in [0, 0.05) is 28.3 Å². The third kappa shape index (κ3) is 3.10. The fourth-order valence-electron chi connectivity index (χ4n) is 3.64. The highest BCUT2D eigenvalue weighted by molar-refractivity contribution is 7.98. The second-order valence-corrected chi connectivity index (χ2v) is 7.22. The number of nitrogens with one attached hydrogen (secondary N) is 1. The predicted octanol–water partition coefficient (Wildman–Crippen LogP) is 6.40. The van der Waals surface area contributed by atoms with Crippen molar-refractivity contribution in [3.8, 4) is 0 Å². The highest BCUT2D eigenvalue weighted by Crippen LogP contribution is 2.46. The number of aromatic nitrogens is 1. The second-order valence-electron chi connectivity index (χ2n) is 6.24. The first kappa shape index (κ1) is 16.0. The summed E-state index contributed by atoms with van der Waals surface area (Å²) < 4.78 is 0. The zero-order valence-corrected chi connectivity index (χ0v) is 15.0.